The highest BCUT2D eigenvalue weighted by Crippen LogP contribution is 2.24. The summed E-state index contributed by atoms with van der Waals surface area (Å²) in [7, 11) is 1.74. The smallest absolute Gasteiger partial charge is 0.0543 e. The first-order valence-corrected chi connectivity index (χ1v) is 7.05. The van der Waals surface area contributed by atoms with Gasteiger partial charge in [-0.3, -0.25) is 11.3 Å². The molecular weight excluding hydrogens is 288 g/mol. The van der Waals surface area contributed by atoms with Crippen LogP contribution in [0.25, 0.3) is 0 Å². The lowest BCUT2D eigenvalue weighted by Crippen LogP contribution is -2.37. The Morgan fingerprint density at radius 1 is 1.56 bits per heavy atom. The molecule has 1 aromatic heterocycles. The molecule has 16 heavy (non-hydrogen) atoms. The second-order valence-corrected chi connectivity index (χ2v) is 5.74. The van der Waals surface area contributed by atoms with E-state index >= 15 is 0 Å². The summed E-state index contributed by atoms with van der Waals surface area (Å²) in [5, 5.41) is 2.09. The third kappa shape index (κ3) is 4.51. The zero-order valence-corrected chi connectivity index (χ0v) is 12.1. The van der Waals surface area contributed by atoms with Gasteiger partial charge in [0.15, 0.2) is 0 Å². The molecule has 0 spiro atoms. The molecule has 0 fully saturated rings. The van der Waals surface area contributed by atoms with Gasteiger partial charge in [-0.2, -0.15) is 0 Å². The van der Waals surface area contributed by atoms with E-state index in [0.29, 0.717) is 12.1 Å². The Morgan fingerprint density at radius 3 is 2.81 bits per heavy atom. The molecule has 2 unspecified atom stereocenters. The van der Waals surface area contributed by atoms with Crippen LogP contribution in [0.15, 0.2) is 15.9 Å². The number of methoxy groups -OCH3 is 1. The van der Waals surface area contributed by atoms with Gasteiger partial charge in [0.1, 0.15) is 0 Å². The molecular formula is C11H19BrN2OS. The van der Waals surface area contributed by atoms with Crippen LogP contribution >= 0.6 is 27.3 Å². The molecule has 0 saturated heterocycles. The van der Waals surface area contributed by atoms with Crippen molar-refractivity contribution in [2.45, 2.75) is 38.3 Å². The highest BCUT2D eigenvalue weighted by molar-refractivity contribution is 9.10. The first kappa shape index (κ1) is 14.1. The summed E-state index contributed by atoms with van der Waals surface area (Å²) in [4.78, 5) is 1.34. The minimum atomic E-state index is 0.294. The van der Waals surface area contributed by atoms with Crippen LogP contribution in [0.5, 0.6) is 0 Å². The third-order valence-corrected chi connectivity index (χ3v) is 4.63. The van der Waals surface area contributed by atoms with Gasteiger partial charge >= 0.3 is 0 Å². The monoisotopic (exact) mass is 306 g/mol. The molecule has 3 nitrogen and oxygen atoms in total. The predicted molar refractivity (Wildman–Crippen MR) is 72.5 cm³/mol. The molecule has 1 rings (SSSR count). The van der Waals surface area contributed by atoms with Crippen LogP contribution in [0.3, 0.4) is 0 Å². The number of ether oxygens (including phenoxy) is 1. The third-order valence-electron chi connectivity index (χ3n) is 2.68. The summed E-state index contributed by atoms with van der Waals surface area (Å²) < 4.78 is 6.41. The Kier molecular flexibility index (Phi) is 6.53. The Balaban J connectivity index is 2.40. The predicted octanol–water partition coefficient (Wildman–Crippen LogP) is 2.70. The minimum Gasteiger partial charge on any atom is -0.382 e. The van der Waals surface area contributed by atoms with E-state index in [2.05, 4.69) is 39.7 Å². The molecule has 0 amide bonds. The first-order chi connectivity index (χ1) is 7.67. The maximum atomic E-state index is 5.57. The van der Waals surface area contributed by atoms with E-state index in [9.17, 15) is 0 Å². The molecule has 0 aromatic carbocycles. The molecule has 3 N–H and O–H groups in total. The summed E-state index contributed by atoms with van der Waals surface area (Å²) in [6, 6.07) is 2.39. The molecule has 0 aliphatic heterocycles. The summed E-state index contributed by atoms with van der Waals surface area (Å²) in [6.07, 6.45) is 3.30. The molecule has 92 valence electrons. The van der Waals surface area contributed by atoms with Crippen LogP contribution in [0.1, 0.15) is 24.6 Å². The number of hydrogen-bond donors (Lipinski definition) is 2. The van der Waals surface area contributed by atoms with Crippen molar-refractivity contribution in [3.8, 4) is 0 Å². The zero-order chi connectivity index (χ0) is 12.0. The number of thiophene rings is 1. The van der Waals surface area contributed by atoms with Crippen LogP contribution < -0.4 is 11.3 Å². The summed E-state index contributed by atoms with van der Waals surface area (Å²) >= 11 is 5.29. The molecule has 0 saturated carbocycles. The lowest BCUT2D eigenvalue weighted by atomic mass is 10.1. The number of rotatable bonds is 7. The Bertz CT molecular complexity index is 306. The van der Waals surface area contributed by atoms with Crippen LogP contribution in [-0.2, 0) is 11.2 Å². The van der Waals surface area contributed by atoms with E-state index in [4.69, 9.17) is 10.6 Å². The van der Waals surface area contributed by atoms with Gasteiger partial charge in [-0.15, -0.1) is 11.3 Å². The molecule has 1 heterocycles. The highest BCUT2D eigenvalue weighted by Gasteiger charge is 2.12. The lowest BCUT2D eigenvalue weighted by Gasteiger charge is -2.17. The van der Waals surface area contributed by atoms with Gasteiger partial charge in [0.05, 0.1) is 6.10 Å². The quantitative estimate of drug-likeness (QED) is 0.601. The minimum absolute atomic E-state index is 0.294. The maximum Gasteiger partial charge on any atom is 0.0543 e. The van der Waals surface area contributed by atoms with Gasteiger partial charge in [0, 0.05) is 22.5 Å². The van der Waals surface area contributed by atoms with Gasteiger partial charge in [-0.1, -0.05) is 0 Å². The van der Waals surface area contributed by atoms with Crippen molar-refractivity contribution >= 4 is 27.3 Å². The van der Waals surface area contributed by atoms with Crippen LogP contribution in [0, 0.1) is 0 Å². The summed E-state index contributed by atoms with van der Waals surface area (Å²) in [5.41, 5.74) is 2.88. The summed E-state index contributed by atoms with van der Waals surface area (Å²) in [5.74, 6) is 5.57. The van der Waals surface area contributed by atoms with Crippen LogP contribution in [-0.4, -0.2) is 19.3 Å². The number of hydrogen-bond acceptors (Lipinski definition) is 4. The average molecular weight is 307 g/mol. The number of nitrogens with one attached hydrogen (secondary N) is 1. The Labute approximate surface area is 109 Å². The first-order valence-electron chi connectivity index (χ1n) is 5.38. The maximum absolute atomic E-state index is 5.57. The number of hydrazine groups is 1. The summed E-state index contributed by atoms with van der Waals surface area (Å²) in [6.45, 7) is 2.08. The SMILES string of the molecule is COC(C)CCC(Cc1sccc1Br)NN. The van der Waals surface area contributed by atoms with Crippen molar-refractivity contribution in [2.75, 3.05) is 7.11 Å². The average Bonchev–Trinajstić information content (AvgIpc) is 2.69. The molecule has 0 aliphatic carbocycles. The van der Waals surface area contributed by atoms with Crippen molar-refractivity contribution in [1.29, 1.82) is 0 Å². The van der Waals surface area contributed by atoms with Gasteiger partial charge in [-0.25, -0.2) is 0 Å². The molecule has 0 radical (unpaired) electrons. The molecule has 0 bridgehead atoms. The number of nitrogens with two attached hydrogens (primary N) is 1. The largest absolute Gasteiger partial charge is 0.382 e. The van der Waals surface area contributed by atoms with E-state index in [-0.39, 0.29) is 0 Å². The second-order valence-electron chi connectivity index (χ2n) is 3.88. The highest BCUT2D eigenvalue weighted by atomic mass is 79.9. The van der Waals surface area contributed by atoms with Crippen LogP contribution in [0.4, 0.5) is 0 Å². The van der Waals surface area contributed by atoms with Crippen molar-refractivity contribution < 1.29 is 4.74 Å². The van der Waals surface area contributed by atoms with Gasteiger partial charge in [0.25, 0.3) is 0 Å². The van der Waals surface area contributed by atoms with Crippen LogP contribution in [0.2, 0.25) is 0 Å². The standard InChI is InChI=1S/C11H19BrN2OS/c1-8(15-2)3-4-9(14-13)7-11-10(12)5-6-16-11/h5-6,8-9,14H,3-4,7,13H2,1-2H3. The zero-order valence-electron chi connectivity index (χ0n) is 9.70. The van der Waals surface area contributed by atoms with Crippen molar-refractivity contribution in [1.82, 2.24) is 5.43 Å². The topological polar surface area (TPSA) is 47.3 Å². The molecule has 2 atom stereocenters. The van der Waals surface area contributed by atoms with Crippen molar-refractivity contribution in [2.24, 2.45) is 5.84 Å². The Morgan fingerprint density at radius 2 is 2.31 bits per heavy atom. The second kappa shape index (κ2) is 7.40. The van der Waals surface area contributed by atoms with E-state index in [0.717, 1.165) is 19.3 Å². The number of halogens is 1. The van der Waals surface area contributed by atoms with E-state index < -0.39 is 0 Å². The fourth-order valence-electron chi connectivity index (χ4n) is 1.49. The lowest BCUT2D eigenvalue weighted by molar-refractivity contribution is 0.106. The normalized spacial score (nSPS) is 15.0. The fourth-order valence-corrected chi connectivity index (χ4v) is 3.09. The van der Waals surface area contributed by atoms with E-state index in [1.54, 1.807) is 18.4 Å². The van der Waals surface area contributed by atoms with E-state index in [1.165, 1.54) is 9.35 Å². The Hall–Kier alpha value is 0.0600. The van der Waals surface area contributed by atoms with Gasteiger partial charge in [-0.05, 0) is 53.6 Å². The molecule has 5 heteroatoms. The van der Waals surface area contributed by atoms with Gasteiger partial charge in [0.2, 0.25) is 0 Å². The van der Waals surface area contributed by atoms with E-state index in [1.807, 2.05) is 0 Å². The molecule has 0 aliphatic rings. The van der Waals surface area contributed by atoms with Gasteiger partial charge < -0.3 is 4.74 Å². The van der Waals surface area contributed by atoms with Crippen molar-refractivity contribution in [3.63, 3.8) is 0 Å². The molecule has 1 aromatic rings. The van der Waals surface area contributed by atoms with Crippen molar-refractivity contribution in [3.05, 3.63) is 20.8 Å². The fraction of sp³-hybridized carbons (Fsp3) is 0.636.